The van der Waals surface area contributed by atoms with E-state index in [9.17, 15) is 5.11 Å². The summed E-state index contributed by atoms with van der Waals surface area (Å²) in [6.45, 7) is 4.28. The van der Waals surface area contributed by atoms with Crippen LogP contribution in [0, 0.1) is 0 Å². The van der Waals surface area contributed by atoms with E-state index >= 15 is 0 Å². The van der Waals surface area contributed by atoms with Gasteiger partial charge in [-0.05, 0) is 30.5 Å². The molecule has 88 valence electrons. The van der Waals surface area contributed by atoms with Crippen LogP contribution in [0.15, 0.2) is 18.2 Å². The number of benzene rings is 1. The van der Waals surface area contributed by atoms with Crippen LogP contribution in [-0.4, -0.2) is 11.2 Å². The van der Waals surface area contributed by atoms with Crippen LogP contribution >= 0.6 is 0 Å². The van der Waals surface area contributed by atoms with Crippen molar-refractivity contribution < 1.29 is 9.84 Å². The van der Waals surface area contributed by atoms with Crippen molar-refractivity contribution in [1.29, 1.82) is 0 Å². The van der Waals surface area contributed by atoms with Gasteiger partial charge < -0.3 is 9.84 Å². The summed E-state index contributed by atoms with van der Waals surface area (Å²) in [5, 5.41) is 10.1. The van der Waals surface area contributed by atoms with Crippen molar-refractivity contribution in [2.45, 2.75) is 51.7 Å². The number of ether oxygens (including phenoxy) is 1. The second kappa shape index (κ2) is 4.88. The quantitative estimate of drug-likeness (QED) is 0.844. The fraction of sp³-hybridized carbons (Fsp3) is 0.571. The van der Waals surface area contributed by atoms with Crippen LogP contribution in [-0.2, 0) is 6.42 Å². The molecule has 1 aliphatic heterocycles. The van der Waals surface area contributed by atoms with Crippen molar-refractivity contribution in [2.24, 2.45) is 0 Å². The summed E-state index contributed by atoms with van der Waals surface area (Å²) >= 11 is 0. The maximum Gasteiger partial charge on any atom is 0.129 e. The molecule has 0 spiro atoms. The zero-order valence-electron chi connectivity index (χ0n) is 10.1. The van der Waals surface area contributed by atoms with Crippen molar-refractivity contribution in [3.63, 3.8) is 0 Å². The van der Waals surface area contributed by atoms with E-state index in [0.29, 0.717) is 0 Å². The Morgan fingerprint density at radius 2 is 2.06 bits per heavy atom. The van der Waals surface area contributed by atoms with Gasteiger partial charge in [0.2, 0.25) is 0 Å². The van der Waals surface area contributed by atoms with Crippen molar-refractivity contribution in [3.8, 4) is 5.75 Å². The molecule has 0 saturated carbocycles. The number of hydrogen-bond acceptors (Lipinski definition) is 2. The van der Waals surface area contributed by atoms with Crippen molar-refractivity contribution in [2.75, 3.05) is 0 Å². The smallest absolute Gasteiger partial charge is 0.129 e. The summed E-state index contributed by atoms with van der Waals surface area (Å²) < 4.78 is 5.74. The molecule has 1 aromatic rings. The lowest BCUT2D eigenvalue weighted by Gasteiger charge is -2.12. The van der Waals surface area contributed by atoms with E-state index in [4.69, 9.17) is 4.74 Å². The first-order valence-corrected chi connectivity index (χ1v) is 6.23. The van der Waals surface area contributed by atoms with Crippen LogP contribution in [0.3, 0.4) is 0 Å². The van der Waals surface area contributed by atoms with Crippen LogP contribution in [0.4, 0.5) is 0 Å². The van der Waals surface area contributed by atoms with Gasteiger partial charge in [0, 0.05) is 5.56 Å². The van der Waals surface area contributed by atoms with Crippen molar-refractivity contribution in [3.05, 3.63) is 29.3 Å². The minimum absolute atomic E-state index is 0.0446. The summed E-state index contributed by atoms with van der Waals surface area (Å²) in [7, 11) is 0. The minimum atomic E-state index is -0.438. The van der Waals surface area contributed by atoms with Gasteiger partial charge in [-0.15, -0.1) is 0 Å². The van der Waals surface area contributed by atoms with Gasteiger partial charge in [0.05, 0.1) is 0 Å². The third-order valence-electron chi connectivity index (χ3n) is 3.14. The topological polar surface area (TPSA) is 29.5 Å². The lowest BCUT2D eigenvalue weighted by molar-refractivity contribution is 0.0616. The summed E-state index contributed by atoms with van der Waals surface area (Å²) in [5.74, 6) is 0.866. The summed E-state index contributed by atoms with van der Waals surface area (Å²) in [4.78, 5) is 0. The molecule has 2 rings (SSSR count). The average Bonchev–Trinajstić information content (AvgIpc) is 2.58. The van der Waals surface area contributed by atoms with Crippen LogP contribution in [0.5, 0.6) is 5.75 Å². The number of aliphatic hydroxyl groups is 1. The van der Waals surface area contributed by atoms with Gasteiger partial charge in [-0.25, -0.2) is 0 Å². The fourth-order valence-corrected chi connectivity index (χ4v) is 2.31. The Kier molecular flexibility index (Phi) is 3.49. The molecular weight excluding hydrogens is 200 g/mol. The van der Waals surface area contributed by atoms with E-state index in [1.54, 1.807) is 0 Å². The standard InChI is InChI=1S/C14H20O2/c1-3-5-10-7-8-12-11(9-10)14(15)13(16-12)6-4-2/h7-9,13-15H,3-6H2,1-2H3. The number of fused-ring (bicyclic) bond motifs is 1. The van der Waals surface area contributed by atoms with Gasteiger partial charge in [-0.1, -0.05) is 32.8 Å². The van der Waals surface area contributed by atoms with E-state index in [2.05, 4.69) is 26.0 Å². The lowest BCUT2D eigenvalue weighted by Crippen LogP contribution is -2.17. The molecule has 1 N–H and O–H groups in total. The summed E-state index contributed by atoms with van der Waals surface area (Å²) in [6, 6.07) is 6.20. The van der Waals surface area contributed by atoms with Gasteiger partial charge in [-0.3, -0.25) is 0 Å². The van der Waals surface area contributed by atoms with E-state index in [0.717, 1.165) is 37.0 Å². The van der Waals surface area contributed by atoms with Gasteiger partial charge in [0.1, 0.15) is 18.0 Å². The molecule has 2 atom stereocenters. The van der Waals surface area contributed by atoms with Crippen LogP contribution in [0.25, 0.3) is 0 Å². The molecule has 1 aromatic carbocycles. The second-order valence-corrected chi connectivity index (χ2v) is 4.51. The predicted octanol–water partition coefficient (Wildman–Crippen LogP) is 3.23. The highest BCUT2D eigenvalue weighted by molar-refractivity contribution is 5.42. The van der Waals surface area contributed by atoms with E-state index in [-0.39, 0.29) is 6.10 Å². The van der Waals surface area contributed by atoms with Crippen molar-refractivity contribution >= 4 is 0 Å². The first-order chi connectivity index (χ1) is 7.76. The molecule has 2 nitrogen and oxygen atoms in total. The molecule has 0 aromatic heterocycles. The molecule has 0 amide bonds. The lowest BCUT2D eigenvalue weighted by atomic mass is 10.00. The summed E-state index contributed by atoms with van der Waals surface area (Å²) in [6.07, 6.45) is 3.67. The van der Waals surface area contributed by atoms with Gasteiger partial charge in [-0.2, -0.15) is 0 Å². The normalized spacial score (nSPS) is 22.9. The predicted molar refractivity (Wildman–Crippen MR) is 64.7 cm³/mol. The maximum atomic E-state index is 10.1. The van der Waals surface area contributed by atoms with Crippen LogP contribution in [0.1, 0.15) is 50.3 Å². The minimum Gasteiger partial charge on any atom is -0.487 e. The van der Waals surface area contributed by atoms with E-state index in [1.807, 2.05) is 6.07 Å². The number of aryl methyl sites for hydroxylation is 1. The first kappa shape index (κ1) is 11.5. The van der Waals surface area contributed by atoms with E-state index < -0.39 is 6.10 Å². The molecule has 0 bridgehead atoms. The highest BCUT2D eigenvalue weighted by Crippen LogP contribution is 2.38. The molecule has 16 heavy (non-hydrogen) atoms. The average molecular weight is 220 g/mol. The highest BCUT2D eigenvalue weighted by Gasteiger charge is 2.31. The molecule has 0 saturated heterocycles. The Bertz CT molecular complexity index is 360. The third-order valence-corrected chi connectivity index (χ3v) is 3.14. The number of rotatable bonds is 4. The Labute approximate surface area is 97.3 Å². The number of aliphatic hydroxyl groups excluding tert-OH is 1. The zero-order chi connectivity index (χ0) is 11.5. The van der Waals surface area contributed by atoms with Crippen LogP contribution < -0.4 is 4.74 Å². The molecular formula is C14H20O2. The Morgan fingerprint density at radius 3 is 2.75 bits per heavy atom. The molecule has 2 heteroatoms. The Morgan fingerprint density at radius 1 is 1.25 bits per heavy atom. The fourth-order valence-electron chi connectivity index (χ4n) is 2.31. The maximum absolute atomic E-state index is 10.1. The van der Waals surface area contributed by atoms with E-state index in [1.165, 1.54) is 5.56 Å². The van der Waals surface area contributed by atoms with Gasteiger partial charge in [0.15, 0.2) is 0 Å². The molecule has 0 aliphatic carbocycles. The molecule has 0 radical (unpaired) electrons. The third kappa shape index (κ3) is 2.07. The highest BCUT2D eigenvalue weighted by atomic mass is 16.5. The molecule has 0 fully saturated rings. The first-order valence-electron chi connectivity index (χ1n) is 6.23. The SMILES string of the molecule is CCCc1ccc2c(c1)C(O)C(CCC)O2. The Hall–Kier alpha value is -1.02. The monoisotopic (exact) mass is 220 g/mol. The largest absolute Gasteiger partial charge is 0.487 e. The molecule has 1 aliphatic rings. The van der Waals surface area contributed by atoms with Crippen LogP contribution in [0.2, 0.25) is 0 Å². The molecule has 2 unspecified atom stereocenters. The Balaban J connectivity index is 2.20. The zero-order valence-corrected chi connectivity index (χ0v) is 10.1. The molecule has 1 heterocycles. The van der Waals surface area contributed by atoms with Gasteiger partial charge >= 0.3 is 0 Å². The summed E-state index contributed by atoms with van der Waals surface area (Å²) in [5.41, 5.74) is 2.27. The second-order valence-electron chi connectivity index (χ2n) is 4.51. The van der Waals surface area contributed by atoms with Gasteiger partial charge in [0.25, 0.3) is 0 Å². The number of hydrogen-bond donors (Lipinski definition) is 1. The van der Waals surface area contributed by atoms with Crippen molar-refractivity contribution in [1.82, 2.24) is 0 Å².